The molecule has 3 rings (SSSR count). The van der Waals surface area contributed by atoms with Crippen molar-refractivity contribution in [2.45, 2.75) is 56.9 Å². The van der Waals surface area contributed by atoms with Crippen molar-refractivity contribution in [3.8, 4) is 0 Å². The van der Waals surface area contributed by atoms with Gasteiger partial charge >= 0.3 is 0 Å². The number of fused-ring (bicyclic) bond motifs is 1. The third-order valence-electron chi connectivity index (χ3n) is 6.00. The number of likely N-dealkylation sites (tertiary alicyclic amines) is 1. The normalized spacial score (nSPS) is 19.6. The fourth-order valence-corrected chi connectivity index (χ4v) is 6.66. The van der Waals surface area contributed by atoms with E-state index in [0.717, 1.165) is 18.7 Å². The van der Waals surface area contributed by atoms with Gasteiger partial charge in [0.2, 0.25) is 11.8 Å². The first kappa shape index (κ1) is 23.2. The van der Waals surface area contributed by atoms with E-state index in [0.29, 0.717) is 35.7 Å². The van der Waals surface area contributed by atoms with E-state index in [2.05, 4.69) is 33.1 Å². The van der Waals surface area contributed by atoms with E-state index in [1.54, 1.807) is 17.0 Å². The van der Waals surface area contributed by atoms with Crippen LogP contribution in [0.3, 0.4) is 0 Å². The first-order valence-electron chi connectivity index (χ1n) is 10.5. The summed E-state index contributed by atoms with van der Waals surface area (Å²) in [6.45, 7) is 6.60. The molecule has 2 amide bonds. The lowest BCUT2D eigenvalue weighted by Crippen LogP contribution is -2.42. The van der Waals surface area contributed by atoms with Gasteiger partial charge in [-0.05, 0) is 66.4 Å². The highest BCUT2D eigenvalue weighted by Gasteiger charge is 2.28. The van der Waals surface area contributed by atoms with Crippen LogP contribution in [0.2, 0.25) is 0 Å². The molecule has 1 unspecified atom stereocenters. The predicted molar refractivity (Wildman–Crippen MR) is 120 cm³/mol. The molecule has 0 aromatic heterocycles. The summed E-state index contributed by atoms with van der Waals surface area (Å²) >= 11 is 3.35. The van der Waals surface area contributed by atoms with Crippen LogP contribution < -0.4 is 10.2 Å². The number of carbonyl (C=O) groups is 2. The molecule has 1 atom stereocenters. The Balaban J connectivity index is 1.57. The van der Waals surface area contributed by atoms with Crippen LogP contribution in [0.15, 0.2) is 21.5 Å². The first-order valence-corrected chi connectivity index (χ1v) is 13.0. The third-order valence-corrected chi connectivity index (χ3v) is 8.67. The van der Waals surface area contributed by atoms with Crippen LogP contribution in [0.25, 0.3) is 0 Å². The van der Waals surface area contributed by atoms with Crippen molar-refractivity contribution in [1.82, 2.24) is 10.2 Å². The fraction of sp³-hybridized carbons (Fsp3) is 0.619. The number of halogens is 1. The Hall–Kier alpha value is -1.45. The summed E-state index contributed by atoms with van der Waals surface area (Å²) in [7, 11) is -3.67. The van der Waals surface area contributed by atoms with Gasteiger partial charge in [-0.25, -0.2) is 8.42 Å². The van der Waals surface area contributed by atoms with Gasteiger partial charge in [0, 0.05) is 49.2 Å². The van der Waals surface area contributed by atoms with E-state index < -0.39 is 9.84 Å². The Morgan fingerprint density at radius 1 is 1.23 bits per heavy atom. The third kappa shape index (κ3) is 5.42. The molecule has 2 heterocycles. The Bertz CT molecular complexity index is 919. The molecule has 1 fully saturated rings. The second-order valence-corrected chi connectivity index (χ2v) is 11.1. The molecule has 0 aliphatic carbocycles. The average molecular weight is 500 g/mol. The quantitative estimate of drug-likeness (QED) is 0.622. The zero-order valence-corrected chi connectivity index (χ0v) is 20.0. The fourth-order valence-electron chi connectivity index (χ4n) is 4.21. The van der Waals surface area contributed by atoms with Gasteiger partial charge in [-0.1, -0.05) is 6.42 Å². The highest BCUT2D eigenvalue weighted by atomic mass is 79.9. The number of amides is 2. The van der Waals surface area contributed by atoms with Crippen molar-refractivity contribution in [1.29, 1.82) is 0 Å². The topological polar surface area (TPSA) is 86.8 Å². The number of rotatable bonds is 7. The summed E-state index contributed by atoms with van der Waals surface area (Å²) in [5.74, 6) is -0.635. The molecule has 0 spiro atoms. The molecule has 0 bridgehead atoms. The molecule has 1 aromatic carbocycles. The van der Waals surface area contributed by atoms with Crippen molar-refractivity contribution in [3.63, 3.8) is 0 Å². The van der Waals surface area contributed by atoms with Crippen LogP contribution >= 0.6 is 15.9 Å². The summed E-state index contributed by atoms with van der Waals surface area (Å²) in [6, 6.07) is 3.85. The number of hydrogen-bond acceptors (Lipinski definition) is 5. The Labute approximate surface area is 187 Å². The SMILES string of the molecule is CC(=O)N1CCc2cc(Br)c(S(=O)(=O)CCC(=O)NCCN3CCCCC3C)cc21. The second-order valence-electron chi connectivity index (χ2n) is 8.13. The minimum absolute atomic E-state index is 0.0855. The number of benzene rings is 1. The van der Waals surface area contributed by atoms with Crippen LogP contribution in [-0.4, -0.2) is 63.1 Å². The van der Waals surface area contributed by atoms with E-state index in [4.69, 9.17) is 0 Å². The zero-order chi connectivity index (χ0) is 21.9. The van der Waals surface area contributed by atoms with Crippen LogP contribution in [0.1, 0.15) is 45.1 Å². The Morgan fingerprint density at radius 2 is 2.00 bits per heavy atom. The molecular formula is C21H30BrN3O4S. The summed E-state index contributed by atoms with van der Waals surface area (Å²) < 4.78 is 26.2. The molecule has 1 N–H and O–H groups in total. The van der Waals surface area contributed by atoms with Gasteiger partial charge in [0.05, 0.1) is 10.6 Å². The van der Waals surface area contributed by atoms with Crippen molar-refractivity contribution < 1.29 is 18.0 Å². The molecule has 2 aliphatic heterocycles. The highest BCUT2D eigenvalue weighted by molar-refractivity contribution is 9.10. The molecule has 0 radical (unpaired) electrons. The van der Waals surface area contributed by atoms with Crippen LogP contribution in [0.5, 0.6) is 0 Å². The van der Waals surface area contributed by atoms with Gasteiger partial charge in [-0.3, -0.25) is 14.5 Å². The largest absolute Gasteiger partial charge is 0.355 e. The standard InChI is InChI=1S/C21H30BrN3O4S/c1-15-5-3-4-9-24(15)11-8-23-21(27)7-12-30(28,29)20-14-19-17(13-18(20)22)6-10-25(19)16(2)26/h13-15H,3-12H2,1-2H3,(H,23,27). The van der Waals surface area contributed by atoms with Gasteiger partial charge in [0.15, 0.2) is 9.84 Å². The number of anilines is 1. The van der Waals surface area contributed by atoms with E-state index in [1.165, 1.54) is 26.2 Å². The van der Waals surface area contributed by atoms with Gasteiger partial charge in [-0.2, -0.15) is 0 Å². The minimum Gasteiger partial charge on any atom is -0.355 e. The molecular weight excluding hydrogens is 470 g/mol. The number of piperidine rings is 1. The van der Waals surface area contributed by atoms with Gasteiger partial charge in [0.1, 0.15) is 0 Å². The molecule has 1 aromatic rings. The maximum atomic E-state index is 12.9. The Kier molecular flexibility index (Phi) is 7.57. The lowest BCUT2D eigenvalue weighted by Gasteiger charge is -2.33. The smallest absolute Gasteiger partial charge is 0.223 e. The number of nitrogens with one attached hydrogen (secondary N) is 1. The number of sulfone groups is 1. The van der Waals surface area contributed by atoms with Crippen LogP contribution in [-0.2, 0) is 25.8 Å². The summed E-state index contributed by atoms with van der Waals surface area (Å²) in [5, 5.41) is 2.84. The van der Waals surface area contributed by atoms with Gasteiger partial charge in [0.25, 0.3) is 0 Å². The summed E-state index contributed by atoms with van der Waals surface area (Å²) in [6.07, 6.45) is 4.24. The lowest BCUT2D eigenvalue weighted by molar-refractivity contribution is -0.120. The molecule has 1 saturated heterocycles. The highest BCUT2D eigenvalue weighted by Crippen LogP contribution is 2.36. The average Bonchev–Trinajstić information content (AvgIpc) is 3.10. The van der Waals surface area contributed by atoms with Gasteiger partial charge < -0.3 is 10.2 Å². The first-order chi connectivity index (χ1) is 14.2. The molecule has 0 saturated carbocycles. The van der Waals surface area contributed by atoms with E-state index in [1.807, 2.05) is 0 Å². The number of nitrogens with zero attached hydrogens (tertiary/aromatic N) is 2. The van der Waals surface area contributed by atoms with E-state index >= 15 is 0 Å². The monoisotopic (exact) mass is 499 g/mol. The molecule has 7 nitrogen and oxygen atoms in total. The Morgan fingerprint density at radius 3 is 2.70 bits per heavy atom. The van der Waals surface area contributed by atoms with Crippen molar-refractivity contribution >= 4 is 43.3 Å². The second kappa shape index (κ2) is 9.78. The zero-order valence-electron chi connectivity index (χ0n) is 17.6. The summed E-state index contributed by atoms with van der Waals surface area (Å²) in [4.78, 5) is 28.1. The van der Waals surface area contributed by atoms with Crippen molar-refractivity contribution in [2.75, 3.05) is 36.8 Å². The number of hydrogen-bond donors (Lipinski definition) is 1. The minimum atomic E-state index is -3.67. The molecule has 166 valence electrons. The van der Waals surface area contributed by atoms with Crippen molar-refractivity contribution in [2.24, 2.45) is 0 Å². The maximum Gasteiger partial charge on any atom is 0.223 e. The molecule has 2 aliphatic rings. The van der Waals surface area contributed by atoms with Crippen LogP contribution in [0, 0.1) is 0 Å². The van der Waals surface area contributed by atoms with Gasteiger partial charge in [-0.15, -0.1) is 0 Å². The summed E-state index contributed by atoms with van der Waals surface area (Å²) in [5.41, 5.74) is 1.59. The number of carbonyl (C=O) groups excluding carboxylic acids is 2. The molecule has 9 heteroatoms. The lowest BCUT2D eigenvalue weighted by atomic mass is 10.0. The maximum absolute atomic E-state index is 12.9. The predicted octanol–water partition coefficient (Wildman–Crippen LogP) is 2.51. The van der Waals surface area contributed by atoms with Crippen molar-refractivity contribution in [3.05, 3.63) is 22.2 Å². The van der Waals surface area contributed by atoms with E-state index in [9.17, 15) is 18.0 Å². The van der Waals surface area contributed by atoms with E-state index in [-0.39, 0.29) is 28.9 Å². The van der Waals surface area contributed by atoms with Crippen LogP contribution in [0.4, 0.5) is 5.69 Å². The molecule has 30 heavy (non-hydrogen) atoms.